The Bertz CT molecular complexity index is 1350. The first-order valence-corrected chi connectivity index (χ1v) is 10.6. The Balaban J connectivity index is 1.42. The fraction of sp³-hybridized carbons (Fsp3) is 0.444. The van der Waals surface area contributed by atoms with Crippen molar-refractivity contribution in [3.05, 3.63) is 37.1 Å². The predicted molar refractivity (Wildman–Crippen MR) is 121 cm³/mol. The van der Waals surface area contributed by atoms with E-state index in [1.165, 1.54) is 10.9 Å². The molecule has 8 N–H and O–H groups in total. The molecule has 0 bridgehead atoms. The molecule has 2 aromatic heterocycles. The quantitative estimate of drug-likeness (QED) is 0.0882. The van der Waals surface area contributed by atoms with Crippen LogP contribution in [0.15, 0.2) is 20.7 Å². The molecule has 0 aliphatic carbocycles. The van der Waals surface area contributed by atoms with Crippen LogP contribution in [-0.2, 0) is 9.53 Å². The fourth-order valence-electron chi connectivity index (χ4n) is 3.63. The van der Waals surface area contributed by atoms with Gasteiger partial charge in [-0.15, -0.1) is 11.6 Å². The van der Waals surface area contributed by atoms with Gasteiger partial charge in [-0.25, -0.2) is 4.98 Å². The Morgan fingerprint density at radius 2 is 1.88 bits per heavy atom. The summed E-state index contributed by atoms with van der Waals surface area (Å²) in [5.41, 5.74) is 3.59. The summed E-state index contributed by atoms with van der Waals surface area (Å²) in [7, 11) is 0. The maximum Gasteiger partial charge on any atom is 0.280 e. The van der Waals surface area contributed by atoms with Crippen molar-refractivity contribution in [2.75, 3.05) is 41.9 Å². The summed E-state index contributed by atoms with van der Waals surface area (Å²) in [6, 6.07) is 0. The minimum absolute atomic E-state index is 0.00327. The van der Waals surface area contributed by atoms with Crippen molar-refractivity contribution < 1.29 is 19.7 Å². The van der Waals surface area contributed by atoms with Crippen LogP contribution in [0.1, 0.15) is 6.23 Å². The van der Waals surface area contributed by atoms with E-state index in [1.54, 1.807) is 0 Å². The van der Waals surface area contributed by atoms with E-state index in [0.29, 0.717) is 0 Å². The molecule has 3 aromatic rings. The third kappa shape index (κ3) is 4.21. The summed E-state index contributed by atoms with van der Waals surface area (Å²) in [6.45, 7) is 0.233. The number of amides is 1. The molecule has 1 aliphatic rings. The lowest BCUT2D eigenvalue weighted by Gasteiger charge is -2.19. The van der Waals surface area contributed by atoms with Crippen molar-refractivity contribution in [2.24, 2.45) is 0 Å². The zero-order valence-electron chi connectivity index (χ0n) is 17.4. The van der Waals surface area contributed by atoms with Gasteiger partial charge in [-0.2, -0.15) is 4.98 Å². The highest BCUT2D eigenvalue weighted by Gasteiger charge is 2.44. The van der Waals surface area contributed by atoms with E-state index in [1.807, 2.05) is 0 Å². The number of ether oxygens (including phenoxy) is 1. The number of carbonyl (C=O) groups is 1. The highest BCUT2D eigenvalue weighted by molar-refractivity contribution is 6.27. The molecule has 1 aliphatic heterocycles. The molecule has 4 rings (SSSR count). The van der Waals surface area contributed by atoms with E-state index in [2.05, 4.69) is 30.9 Å². The van der Waals surface area contributed by atoms with Crippen molar-refractivity contribution in [1.29, 1.82) is 0 Å². The molecule has 4 atom stereocenters. The maximum atomic E-state index is 12.0. The van der Waals surface area contributed by atoms with Gasteiger partial charge >= 0.3 is 0 Å². The van der Waals surface area contributed by atoms with Gasteiger partial charge in [0.15, 0.2) is 17.4 Å². The molecule has 182 valence electrons. The van der Waals surface area contributed by atoms with Gasteiger partial charge in [0.05, 0.1) is 6.33 Å². The average Bonchev–Trinajstić information content (AvgIpc) is 3.35. The SMILES string of the molecule is Nc1nc2c(ncn2[C@@H]2O[C@H](CNc3c(NCCNC(=O)CCl)c(=O)c3=O)[C@@H](O)[C@H]2O)c(=O)[nH]1. The molecule has 16 heteroatoms. The predicted octanol–water partition coefficient (Wildman–Crippen LogP) is -3.20. The lowest BCUT2D eigenvalue weighted by molar-refractivity contribution is -0.118. The van der Waals surface area contributed by atoms with Gasteiger partial charge in [0.25, 0.3) is 16.4 Å². The van der Waals surface area contributed by atoms with Crippen LogP contribution < -0.4 is 38.1 Å². The number of anilines is 3. The van der Waals surface area contributed by atoms with Crippen LogP contribution in [0.3, 0.4) is 0 Å². The van der Waals surface area contributed by atoms with Crippen LogP contribution in [0.4, 0.5) is 17.3 Å². The Morgan fingerprint density at radius 3 is 2.59 bits per heavy atom. The van der Waals surface area contributed by atoms with E-state index in [-0.39, 0.29) is 59.9 Å². The Kier molecular flexibility index (Phi) is 6.52. The van der Waals surface area contributed by atoms with Crippen LogP contribution in [0.2, 0.25) is 0 Å². The molecule has 34 heavy (non-hydrogen) atoms. The van der Waals surface area contributed by atoms with Crippen molar-refractivity contribution in [3.63, 3.8) is 0 Å². The number of aromatic amines is 1. The number of hydrogen-bond acceptors (Lipinski definition) is 12. The van der Waals surface area contributed by atoms with Crippen LogP contribution in [0, 0.1) is 0 Å². The smallest absolute Gasteiger partial charge is 0.280 e. The van der Waals surface area contributed by atoms with Gasteiger partial charge in [-0.05, 0) is 0 Å². The largest absolute Gasteiger partial charge is 0.387 e. The lowest BCUT2D eigenvalue weighted by atomic mass is 10.1. The number of aliphatic hydroxyl groups is 2. The second kappa shape index (κ2) is 9.38. The number of nitrogens with one attached hydrogen (secondary N) is 4. The molecule has 1 fully saturated rings. The van der Waals surface area contributed by atoms with Crippen LogP contribution in [-0.4, -0.2) is 79.5 Å². The second-order valence-corrected chi connectivity index (χ2v) is 7.79. The van der Waals surface area contributed by atoms with Crippen LogP contribution in [0.5, 0.6) is 0 Å². The number of imidazole rings is 1. The van der Waals surface area contributed by atoms with Gasteiger partial charge in [0.1, 0.15) is 35.6 Å². The Labute approximate surface area is 194 Å². The van der Waals surface area contributed by atoms with Crippen LogP contribution in [0.25, 0.3) is 11.2 Å². The number of aliphatic hydroxyl groups excluding tert-OH is 2. The molecule has 1 amide bonds. The summed E-state index contributed by atoms with van der Waals surface area (Å²) < 4.78 is 7.01. The zero-order chi connectivity index (χ0) is 24.6. The van der Waals surface area contributed by atoms with Gasteiger partial charge < -0.3 is 36.6 Å². The van der Waals surface area contributed by atoms with Crippen LogP contribution >= 0.6 is 11.6 Å². The third-order valence-electron chi connectivity index (χ3n) is 5.32. The normalized spacial score (nSPS) is 22.3. The average molecular weight is 497 g/mol. The number of aromatic nitrogens is 4. The first-order chi connectivity index (χ1) is 16.2. The summed E-state index contributed by atoms with van der Waals surface area (Å²) in [5.74, 6) is -0.730. The fourth-order valence-corrected chi connectivity index (χ4v) is 3.72. The van der Waals surface area contributed by atoms with Crippen molar-refractivity contribution in [3.8, 4) is 0 Å². The van der Waals surface area contributed by atoms with E-state index in [0.717, 1.165) is 0 Å². The number of fused-ring (bicyclic) bond motifs is 1. The van der Waals surface area contributed by atoms with E-state index < -0.39 is 41.0 Å². The standard InChI is InChI=1S/C18H21ClN8O7/c19-3-7(28)21-1-2-22-8-9(13(31)12(8)30)23-4-6-11(29)14(32)17(34-6)27-5-24-10-15(27)25-18(20)26-16(10)33/h5-6,11,14,17,22-23,29,32H,1-4H2,(H,21,28)(H3,20,25,26,33)/t6-,11-,14-,17-/m1/s1. The number of alkyl halides is 1. The van der Waals surface area contributed by atoms with Gasteiger partial charge in [0.2, 0.25) is 11.9 Å². The lowest BCUT2D eigenvalue weighted by Crippen LogP contribution is -2.41. The first kappa shape index (κ1) is 23.6. The molecular formula is C18H21ClN8O7. The summed E-state index contributed by atoms with van der Waals surface area (Å²) in [4.78, 5) is 57.2. The number of H-pyrrole nitrogens is 1. The van der Waals surface area contributed by atoms with Gasteiger partial charge in [-0.1, -0.05) is 0 Å². The van der Waals surface area contributed by atoms with Crippen molar-refractivity contribution in [2.45, 2.75) is 24.5 Å². The molecule has 0 radical (unpaired) electrons. The number of halogens is 1. The molecule has 3 heterocycles. The summed E-state index contributed by atoms with van der Waals surface area (Å²) >= 11 is 5.38. The van der Waals surface area contributed by atoms with E-state index in [9.17, 15) is 29.4 Å². The zero-order valence-corrected chi connectivity index (χ0v) is 18.2. The number of nitrogens with zero attached hydrogens (tertiary/aromatic N) is 3. The highest BCUT2D eigenvalue weighted by atomic mass is 35.5. The van der Waals surface area contributed by atoms with Crippen molar-refractivity contribution in [1.82, 2.24) is 24.8 Å². The maximum absolute atomic E-state index is 12.0. The summed E-state index contributed by atoms with van der Waals surface area (Å²) in [5, 5.41) is 29.0. The second-order valence-electron chi connectivity index (χ2n) is 7.52. The topological polar surface area (TPSA) is 227 Å². The number of carbonyl (C=O) groups excluding carboxylic acids is 1. The highest BCUT2D eigenvalue weighted by Crippen LogP contribution is 2.31. The molecule has 0 saturated carbocycles. The summed E-state index contributed by atoms with van der Waals surface area (Å²) in [6.07, 6.45) is -3.69. The van der Waals surface area contributed by atoms with E-state index >= 15 is 0 Å². The number of rotatable bonds is 9. The number of hydrogen-bond donors (Lipinski definition) is 7. The first-order valence-electron chi connectivity index (χ1n) is 10.1. The number of nitrogens with two attached hydrogens (primary N) is 1. The van der Waals surface area contributed by atoms with E-state index in [4.69, 9.17) is 22.1 Å². The molecule has 15 nitrogen and oxygen atoms in total. The molecule has 0 spiro atoms. The van der Waals surface area contributed by atoms with Gasteiger partial charge in [-0.3, -0.25) is 28.7 Å². The molecular weight excluding hydrogens is 476 g/mol. The molecule has 1 aromatic carbocycles. The Morgan fingerprint density at radius 1 is 1.18 bits per heavy atom. The van der Waals surface area contributed by atoms with Crippen molar-refractivity contribution >= 4 is 46.0 Å². The molecule has 1 saturated heterocycles. The molecule has 0 unspecified atom stereocenters. The number of nitrogen functional groups attached to an aromatic ring is 1. The monoisotopic (exact) mass is 496 g/mol. The minimum atomic E-state index is -1.41. The Hall–Kier alpha value is -3.53. The van der Waals surface area contributed by atoms with Gasteiger partial charge in [0, 0.05) is 19.6 Å². The third-order valence-corrected chi connectivity index (χ3v) is 5.57. The minimum Gasteiger partial charge on any atom is -0.387 e.